The van der Waals surface area contributed by atoms with Gasteiger partial charge in [0.25, 0.3) is 0 Å². The fraction of sp³-hybridized carbons (Fsp3) is 0.250. The number of aryl methyl sites for hydroxylation is 2. The molecule has 2 nitrogen and oxygen atoms in total. The summed E-state index contributed by atoms with van der Waals surface area (Å²) in [5.41, 5.74) is 4.16. The molecule has 0 saturated heterocycles. The molecule has 3 heteroatoms. The maximum absolute atomic E-state index is 6.02. The molecule has 0 saturated carbocycles. The Morgan fingerprint density at radius 2 is 2.27 bits per heavy atom. The van der Waals surface area contributed by atoms with E-state index in [-0.39, 0.29) is 0 Å². The second-order valence-corrected chi connectivity index (χ2v) is 3.92. The van der Waals surface area contributed by atoms with E-state index in [2.05, 4.69) is 29.3 Å². The van der Waals surface area contributed by atoms with E-state index in [0.29, 0.717) is 5.02 Å². The molecule has 15 heavy (non-hydrogen) atoms. The molecule has 1 aromatic heterocycles. The molecular formula is C12H12ClN2. The van der Waals surface area contributed by atoms with Crippen molar-refractivity contribution in [1.82, 2.24) is 10.2 Å². The lowest BCUT2D eigenvalue weighted by atomic mass is 10.0. The highest BCUT2D eigenvalue weighted by Crippen LogP contribution is 2.26. The lowest BCUT2D eigenvalue weighted by Crippen LogP contribution is -1.87. The lowest BCUT2D eigenvalue weighted by Gasteiger charge is -2.03. The second kappa shape index (κ2) is 4.07. The van der Waals surface area contributed by atoms with Gasteiger partial charge in [-0.3, -0.25) is 5.10 Å². The highest BCUT2D eigenvalue weighted by molar-refractivity contribution is 6.32. The van der Waals surface area contributed by atoms with Crippen molar-refractivity contribution in [2.75, 3.05) is 0 Å². The van der Waals surface area contributed by atoms with Crippen molar-refractivity contribution < 1.29 is 0 Å². The van der Waals surface area contributed by atoms with Crippen LogP contribution in [0, 0.1) is 13.0 Å². The Hall–Kier alpha value is -1.28. The summed E-state index contributed by atoms with van der Waals surface area (Å²) in [6.07, 6.45) is 2.66. The molecule has 1 N–H and O–H groups in total. The van der Waals surface area contributed by atoms with E-state index >= 15 is 0 Å². The first-order valence-electron chi connectivity index (χ1n) is 4.93. The van der Waals surface area contributed by atoms with Gasteiger partial charge in [0.1, 0.15) is 5.69 Å². The maximum atomic E-state index is 6.02. The third-order valence-electron chi connectivity index (χ3n) is 2.31. The summed E-state index contributed by atoms with van der Waals surface area (Å²) in [4.78, 5) is 0. The summed E-state index contributed by atoms with van der Waals surface area (Å²) in [5, 5.41) is 7.55. The molecule has 77 valence electrons. The van der Waals surface area contributed by atoms with Crippen LogP contribution in [0.4, 0.5) is 0 Å². The first-order valence-corrected chi connectivity index (χ1v) is 5.31. The normalized spacial score (nSPS) is 10.6. The summed E-state index contributed by atoms with van der Waals surface area (Å²) in [5.74, 6) is 0. The van der Waals surface area contributed by atoms with E-state index in [1.54, 1.807) is 6.20 Å². The zero-order chi connectivity index (χ0) is 10.8. The lowest BCUT2D eigenvalue weighted by molar-refractivity contribution is 1.09. The Labute approximate surface area is 94.3 Å². The number of hydrogen-bond donors (Lipinski definition) is 1. The molecule has 0 amide bonds. The van der Waals surface area contributed by atoms with Gasteiger partial charge in [0.2, 0.25) is 0 Å². The summed E-state index contributed by atoms with van der Waals surface area (Å²) in [6, 6.07) is 7.42. The van der Waals surface area contributed by atoms with Gasteiger partial charge in [-0.2, -0.15) is 5.10 Å². The van der Waals surface area contributed by atoms with Crippen molar-refractivity contribution in [3.63, 3.8) is 0 Å². The Kier molecular flexibility index (Phi) is 2.78. The number of rotatable bonds is 2. The molecule has 1 aromatic carbocycles. The van der Waals surface area contributed by atoms with Crippen LogP contribution in [-0.4, -0.2) is 10.2 Å². The molecule has 0 atom stereocenters. The summed E-state index contributed by atoms with van der Waals surface area (Å²) >= 11 is 6.02. The minimum absolute atomic E-state index is 0.655. The van der Waals surface area contributed by atoms with Crippen LogP contribution < -0.4 is 0 Å². The van der Waals surface area contributed by atoms with Crippen molar-refractivity contribution in [2.24, 2.45) is 0 Å². The molecule has 0 unspecified atom stereocenters. The molecule has 0 spiro atoms. The van der Waals surface area contributed by atoms with Crippen LogP contribution in [0.1, 0.15) is 18.1 Å². The SMILES string of the molecule is CCc1[c]c(C)cc(-c2n[nH]cc2Cl)c1. The van der Waals surface area contributed by atoms with Crippen molar-refractivity contribution >= 4 is 11.6 Å². The number of H-pyrrole nitrogens is 1. The molecule has 2 aromatic rings. The molecular weight excluding hydrogens is 208 g/mol. The Morgan fingerprint density at radius 1 is 1.47 bits per heavy atom. The minimum atomic E-state index is 0.655. The number of benzene rings is 1. The second-order valence-electron chi connectivity index (χ2n) is 3.51. The standard InChI is InChI=1S/C12H12ClN2/c1-3-9-4-8(2)5-10(6-9)12-11(13)7-14-15-12/h5-7H,3H2,1-2H3,(H,14,15). The van der Waals surface area contributed by atoms with Gasteiger partial charge in [-0.1, -0.05) is 18.5 Å². The number of aromatic amines is 1. The fourth-order valence-electron chi connectivity index (χ4n) is 1.59. The van der Waals surface area contributed by atoms with E-state index in [1.165, 1.54) is 5.56 Å². The van der Waals surface area contributed by atoms with E-state index in [0.717, 1.165) is 23.2 Å². The van der Waals surface area contributed by atoms with Gasteiger partial charge in [-0.25, -0.2) is 0 Å². The van der Waals surface area contributed by atoms with Gasteiger partial charge in [0, 0.05) is 11.8 Å². The molecule has 0 aliphatic rings. The average Bonchev–Trinajstić information content (AvgIpc) is 2.63. The molecule has 1 heterocycles. The number of hydrogen-bond acceptors (Lipinski definition) is 1. The van der Waals surface area contributed by atoms with Crippen molar-refractivity contribution in [1.29, 1.82) is 0 Å². The molecule has 1 radical (unpaired) electrons. The first-order chi connectivity index (χ1) is 7.20. The zero-order valence-corrected chi connectivity index (χ0v) is 9.52. The van der Waals surface area contributed by atoms with Gasteiger partial charge in [-0.15, -0.1) is 0 Å². The monoisotopic (exact) mass is 219 g/mol. The van der Waals surface area contributed by atoms with Gasteiger partial charge in [0.15, 0.2) is 0 Å². The number of halogens is 1. The van der Waals surface area contributed by atoms with Crippen LogP contribution in [-0.2, 0) is 6.42 Å². The fourth-order valence-corrected chi connectivity index (χ4v) is 1.79. The maximum Gasteiger partial charge on any atom is 0.111 e. The highest BCUT2D eigenvalue weighted by atomic mass is 35.5. The largest absolute Gasteiger partial charge is 0.284 e. The molecule has 0 aliphatic heterocycles. The van der Waals surface area contributed by atoms with Gasteiger partial charge in [0.05, 0.1) is 5.02 Å². The van der Waals surface area contributed by atoms with E-state index in [4.69, 9.17) is 11.6 Å². The van der Waals surface area contributed by atoms with Crippen LogP contribution in [0.3, 0.4) is 0 Å². The van der Waals surface area contributed by atoms with E-state index < -0.39 is 0 Å². The van der Waals surface area contributed by atoms with Crippen LogP contribution in [0.25, 0.3) is 11.3 Å². The topological polar surface area (TPSA) is 28.7 Å². The van der Waals surface area contributed by atoms with Crippen LogP contribution in [0.2, 0.25) is 5.02 Å². The third kappa shape index (κ3) is 2.05. The molecule has 0 fully saturated rings. The Morgan fingerprint density at radius 3 is 2.87 bits per heavy atom. The Balaban J connectivity index is 2.53. The Bertz CT molecular complexity index is 474. The van der Waals surface area contributed by atoms with Gasteiger partial charge in [-0.05, 0) is 42.7 Å². The molecule has 0 aliphatic carbocycles. The third-order valence-corrected chi connectivity index (χ3v) is 2.60. The number of aromatic nitrogens is 2. The van der Waals surface area contributed by atoms with Crippen LogP contribution in [0.5, 0.6) is 0 Å². The van der Waals surface area contributed by atoms with Gasteiger partial charge < -0.3 is 0 Å². The quantitative estimate of drug-likeness (QED) is 0.824. The van der Waals surface area contributed by atoms with Gasteiger partial charge >= 0.3 is 0 Å². The van der Waals surface area contributed by atoms with E-state index in [9.17, 15) is 0 Å². The van der Waals surface area contributed by atoms with Crippen LogP contribution in [0.15, 0.2) is 18.3 Å². The minimum Gasteiger partial charge on any atom is -0.284 e. The first kappa shape index (κ1) is 10.2. The predicted octanol–water partition coefficient (Wildman–Crippen LogP) is 3.40. The summed E-state index contributed by atoms with van der Waals surface area (Å²) in [7, 11) is 0. The van der Waals surface area contributed by atoms with Crippen molar-refractivity contribution in [2.45, 2.75) is 20.3 Å². The van der Waals surface area contributed by atoms with Crippen molar-refractivity contribution in [3.8, 4) is 11.3 Å². The highest BCUT2D eigenvalue weighted by Gasteiger charge is 2.07. The summed E-state index contributed by atoms with van der Waals surface area (Å²) in [6.45, 7) is 4.14. The van der Waals surface area contributed by atoms with Crippen molar-refractivity contribution in [3.05, 3.63) is 40.5 Å². The summed E-state index contributed by atoms with van der Waals surface area (Å²) < 4.78 is 0. The van der Waals surface area contributed by atoms with E-state index in [1.807, 2.05) is 13.0 Å². The smallest absolute Gasteiger partial charge is 0.111 e. The zero-order valence-electron chi connectivity index (χ0n) is 8.76. The average molecular weight is 220 g/mol. The molecule has 0 bridgehead atoms. The number of nitrogens with one attached hydrogen (secondary N) is 1. The predicted molar refractivity (Wildman–Crippen MR) is 62.0 cm³/mol. The molecule has 2 rings (SSSR count). The number of nitrogens with zero attached hydrogens (tertiary/aromatic N) is 1. The van der Waals surface area contributed by atoms with Crippen LogP contribution >= 0.6 is 11.6 Å².